The summed E-state index contributed by atoms with van der Waals surface area (Å²) < 4.78 is 42.2. The van der Waals surface area contributed by atoms with Gasteiger partial charge in [0.1, 0.15) is 5.75 Å². The quantitative estimate of drug-likeness (QED) is 0.807. The molecule has 0 N–H and O–H groups in total. The van der Waals surface area contributed by atoms with E-state index in [1.807, 2.05) is 0 Å². The highest BCUT2D eigenvalue weighted by atomic mass is 19.4. The molecule has 1 heterocycles. The maximum absolute atomic E-state index is 12.4. The van der Waals surface area contributed by atoms with Crippen LogP contribution in [0.2, 0.25) is 0 Å². The number of rotatable bonds is 2. The summed E-state index contributed by atoms with van der Waals surface area (Å²) in [5, 5.41) is 0. The first-order valence-electron chi connectivity index (χ1n) is 4.69. The van der Waals surface area contributed by atoms with Crippen molar-refractivity contribution >= 4 is 0 Å². The van der Waals surface area contributed by atoms with Crippen LogP contribution in [0, 0.1) is 0 Å². The van der Waals surface area contributed by atoms with E-state index in [2.05, 4.69) is 9.97 Å². The first-order chi connectivity index (χ1) is 8.05. The number of ether oxygens (including phenoxy) is 1. The number of nitrogens with zero attached hydrogens (tertiary/aromatic N) is 2. The number of halogens is 3. The summed E-state index contributed by atoms with van der Waals surface area (Å²) >= 11 is 0. The topological polar surface area (TPSA) is 35.0 Å². The van der Waals surface area contributed by atoms with E-state index < -0.39 is 11.9 Å². The third-order valence-corrected chi connectivity index (χ3v) is 1.88. The molecular formula is C11H7F3N2O. The van der Waals surface area contributed by atoms with Crippen LogP contribution in [0.4, 0.5) is 13.2 Å². The molecule has 88 valence electrons. The van der Waals surface area contributed by atoms with Crippen molar-refractivity contribution in [3.05, 3.63) is 48.3 Å². The average molecular weight is 240 g/mol. The molecule has 2 rings (SSSR count). The standard InChI is InChI=1S/C11H7F3N2O/c12-11(13,14)9-6-7-15-10(16-9)17-8-4-2-1-3-5-8/h1-7H. The number of aromatic nitrogens is 2. The van der Waals surface area contributed by atoms with E-state index in [0.717, 1.165) is 12.3 Å². The Balaban J connectivity index is 2.23. The van der Waals surface area contributed by atoms with Gasteiger partial charge in [-0.1, -0.05) is 18.2 Å². The highest BCUT2D eigenvalue weighted by Gasteiger charge is 2.33. The van der Waals surface area contributed by atoms with E-state index in [4.69, 9.17) is 4.74 Å². The van der Waals surface area contributed by atoms with Gasteiger partial charge in [0.25, 0.3) is 0 Å². The maximum Gasteiger partial charge on any atom is 0.433 e. The lowest BCUT2D eigenvalue weighted by molar-refractivity contribution is -0.141. The molecule has 0 saturated carbocycles. The fraction of sp³-hybridized carbons (Fsp3) is 0.0909. The minimum absolute atomic E-state index is 0.328. The van der Waals surface area contributed by atoms with Crippen molar-refractivity contribution in [2.75, 3.05) is 0 Å². The molecule has 0 spiro atoms. The Hall–Kier alpha value is -2.11. The maximum atomic E-state index is 12.4. The van der Waals surface area contributed by atoms with Gasteiger partial charge in [0, 0.05) is 6.20 Å². The minimum atomic E-state index is -4.50. The van der Waals surface area contributed by atoms with Crippen LogP contribution in [0.15, 0.2) is 42.6 Å². The molecule has 1 aromatic heterocycles. The second-order valence-electron chi connectivity index (χ2n) is 3.14. The van der Waals surface area contributed by atoms with Gasteiger partial charge < -0.3 is 4.74 Å². The summed E-state index contributed by atoms with van der Waals surface area (Å²) in [6.07, 6.45) is -3.49. The second kappa shape index (κ2) is 4.40. The molecular weight excluding hydrogens is 233 g/mol. The van der Waals surface area contributed by atoms with Crippen molar-refractivity contribution in [1.82, 2.24) is 9.97 Å². The van der Waals surface area contributed by atoms with Crippen LogP contribution >= 0.6 is 0 Å². The van der Waals surface area contributed by atoms with Crippen molar-refractivity contribution in [1.29, 1.82) is 0 Å². The van der Waals surface area contributed by atoms with E-state index in [-0.39, 0.29) is 6.01 Å². The summed E-state index contributed by atoms with van der Waals surface area (Å²) in [5.41, 5.74) is -1.03. The molecule has 0 amide bonds. The van der Waals surface area contributed by atoms with Crippen molar-refractivity contribution in [3.63, 3.8) is 0 Å². The van der Waals surface area contributed by atoms with E-state index in [1.165, 1.54) is 0 Å². The van der Waals surface area contributed by atoms with Gasteiger partial charge in [-0.3, -0.25) is 0 Å². The molecule has 3 nitrogen and oxygen atoms in total. The van der Waals surface area contributed by atoms with Crippen molar-refractivity contribution < 1.29 is 17.9 Å². The summed E-state index contributed by atoms with van der Waals surface area (Å²) in [6.45, 7) is 0. The third kappa shape index (κ3) is 2.93. The van der Waals surface area contributed by atoms with Crippen molar-refractivity contribution in [3.8, 4) is 11.8 Å². The lowest BCUT2D eigenvalue weighted by atomic mass is 10.3. The zero-order valence-corrected chi connectivity index (χ0v) is 8.48. The van der Waals surface area contributed by atoms with Crippen LogP contribution in [0.5, 0.6) is 11.8 Å². The van der Waals surface area contributed by atoms with Crippen LogP contribution in [0.3, 0.4) is 0 Å². The van der Waals surface area contributed by atoms with Gasteiger partial charge in [0.15, 0.2) is 5.69 Å². The van der Waals surface area contributed by atoms with E-state index in [0.29, 0.717) is 5.75 Å². The van der Waals surface area contributed by atoms with Gasteiger partial charge >= 0.3 is 12.2 Å². The molecule has 17 heavy (non-hydrogen) atoms. The molecule has 0 aliphatic rings. The number of hydrogen-bond donors (Lipinski definition) is 0. The Morgan fingerprint density at radius 1 is 1.00 bits per heavy atom. The molecule has 0 radical (unpaired) electrons. The van der Waals surface area contributed by atoms with Gasteiger partial charge in [-0.05, 0) is 18.2 Å². The first-order valence-corrected chi connectivity index (χ1v) is 4.69. The van der Waals surface area contributed by atoms with Gasteiger partial charge in [-0.25, -0.2) is 4.98 Å². The average Bonchev–Trinajstić information content (AvgIpc) is 2.29. The van der Waals surface area contributed by atoms with E-state index >= 15 is 0 Å². The number of hydrogen-bond acceptors (Lipinski definition) is 3. The molecule has 0 unspecified atom stereocenters. The highest BCUT2D eigenvalue weighted by molar-refractivity contribution is 5.24. The zero-order chi connectivity index (χ0) is 12.3. The Kier molecular flexibility index (Phi) is 2.95. The monoisotopic (exact) mass is 240 g/mol. The fourth-order valence-corrected chi connectivity index (χ4v) is 1.14. The summed E-state index contributed by atoms with van der Waals surface area (Å²) in [4.78, 5) is 6.90. The zero-order valence-electron chi connectivity index (χ0n) is 8.48. The molecule has 0 aliphatic heterocycles. The molecule has 6 heteroatoms. The van der Waals surface area contributed by atoms with Crippen LogP contribution in [-0.4, -0.2) is 9.97 Å². The van der Waals surface area contributed by atoms with Crippen LogP contribution < -0.4 is 4.74 Å². The molecule has 0 saturated heterocycles. The number of alkyl halides is 3. The number of benzene rings is 1. The lowest BCUT2D eigenvalue weighted by Crippen LogP contribution is -2.08. The Morgan fingerprint density at radius 2 is 1.71 bits per heavy atom. The van der Waals surface area contributed by atoms with Crippen LogP contribution in [0.25, 0.3) is 0 Å². The lowest BCUT2D eigenvalue weighted by Gasteiger charge is -2.07. The highest BCUT2D eigenvalue weighted by Crippen LogP contribution is 2.28. The van der Waals surface area contributed by atoms with Gasteiger partial charge in [-0.2, -0.15) is 18.2 Å². The molecule has 2 aromatic rings. The van der Waals surface area contributed by atoms with Gasteiger partial charge in [-0.15, -0.1) is 0 Å². The largest absolute Gasteiger partial charge is 0.433 e. The molecule has 1 aromatic carbocycles. The number of para-hydroxylation sites is 1. The predicted octanol–water partition coefficient (Wildman–Crippen LogP) is 3.29. The summed E-state index contributed by atoms with van der Waals surface area (Å²) in [7, 11) is 0. The third-order valence-electron chi connectivity index (χ3n) is 1.88. The van der Waals surface area contributed by atoms with Crippen molar-refractivity contribution in [2.24, 2.45) is 0 Å². The second-order valence-corrected chi connectivity index (χ2v) is 3.14. The van der Waals surface area contributed by atoms with Crippen LogP contribution in [-0.2, 0) is 6.18 Å². The SMILES string of the molecule is FC(F)(F)c1ccnc(Oc2ccccc2)n1. The van der Waals surface area contributed by atoms with Crippen molar-refractivity contribution in [2.45, 2.75) is 6.18 Å². The van der Waals surface area contributed by atoms with Gasteiger partial charge in [0.05, 0.1) is 0 Å². The normalized spacial score (nSPS) is 11.2. The summed E-state index contributed by atoms with van der Waals surface area (Å²) in [5.74, 6) is 0.381. The van der Waals surface area contributed by atoms with E-state index in [1.54, 1.807) is 30.3 Å². The fourth-order valence-electron chi connectivity index (χ4n) is 1.14. The Bertz CT molecular complexity index is 500. The molecule has 0 fully saturated rings. The first kappa shape index (κ1) is 11.4. The minimum Gasteiger partial charge on any atom is -0.424 e. The molecule has 0 atom stereocenters. The Morgan fingerprint density at radius 3 is 2.35 bits per heavy atom. The van der Waals surface area contributed by atoms with Crippen LogP contribution in [0.1, 0.15) is 5.69 Å². The Labute approximate surface area is 94.9 Å². The molecule has 0 aliphatic carbocycles. The summed E-state index contributed by atoms with van der Waals surface area (Å²) in [6, 6.07) is 8.82. The van der Waals surface area contributed by atoms with E-state index in [9.17, 15) is 13.2 Å². The van der Waals surface area contributed by atoms with Gasteiger partial charge in [0.2, 0.25) is 0 Å². The smallest absolute Gasteiger partial charge is 0.424 e. The predicted molar refractivity (Wildman–Crippen MR) is 53.6 cm³/mol. The molecule has 0 bridgehead atoms.